The van der Waals surface area contributed by atoms with Gasteiger partial charge >= 0.3 is 0 Å². The molecule has 2 heterocycles. The van der Waals surface area contributed by atoms with Crippen LogP contribution in [0.15, 0.2) is 36.9 Å². The smallest absolute Gasteiger partial charge is 0.257 e. The first kappa shape index (κ1) is 25.9. The normalized spacial score (nSPS) is 22.8. The number of ether oxygens (including phenoxy) is 2. The number of aromatic nitrogens is 2. The molecule has 0 fully saturated rings. The second kappa shape index (κ2) is 11.1. The van der Waals surface area contributed by atoms with Crippen molar-refractivity contribution in [3.8, 4) is 5.75 Å². The zero-order valence-corrected chi connectivity index (χ0v) is 21.1. The highest BCUT2D eigenvalue weighted by molar-refractivity contribution is 7.92. The number of hydrogen-bond donors (Lipinski definition) is 1. The van der Waals surface area contributed by atoms with Gasteiger partial charge in [-0.05, 0) is 31.0 Å². The predicted octanol–water partition coefficient (Wildman–Crippen LogP) is 1.85. The van der Waals surface area contributed by atoms with Gasteiger partial charge in [0.1, 0.15) is 18.7 Å². The fourth-order valence-corrected chi connectivity index (χ4v) is 4.55. The number of fused-ring (bicyclic) bond motifs is 1. The summed E-state index contributed by atoms with van der Waals surface area (Å²) in [7, 11) is -0.142. The first-order valence-electron chi connectivity index (χ1n) is 11.1. The number of rotatable bonds is 5. The lowest BCUT2D eigenvalue weighted by Gasteiger charge is -2.36. The fourth-order valence-electron chi connectivity index (χ4n) is 4.00. The Morgan fingerprint density at radius 2 is 1.91 bits per heavy atom. The number of likely N-dealkylation sites (N-methyl/N-ethyl adjacent to an activating group) is 1. The lowest BCUT2D eigenvalue weighted by molar-refractivity contribution is 0.00918. The van der Waals surface area contributed by atoms with Crippen LogP contribution in [0, 0.1) is 5.92 Å². The summed E-state index contributed by atoms with van der Waals surface area (Å²) < 4.78 is 37.7. The Kier molecular flexibility index (Phi) is 8.45. The number of methoxy groups -OCH3 is 1. The number of nitrogens with zero attached hydrogens (tertiary/aromatic N) is 4. The van der Waals surface area contributed by atoms with E-state index in [0.717, 1.165) is 18.4 Å². The number of sulfonamides is 1. The minimum atomic E-state index is -3.49. The van der Waals surface area contributed by atoms with Gasteiger partial charge in [-0.3, -0.25) is 14.4 Å². The summed E-state index contributed by atoms with van der Waals surface area (Å²) in [4.78, 5) is 25.4. The van der Waals surface area contributed by atoms with Gasteiger partial charge in [-0.25, -0.2) is 18.4 Å². The molecule has 1 aliphatic rings. The van der Waals surface area contributed by atoms with Gasteiger partial charge in [0.25, 0.3) is 5.91 Å². The SMILES string of the molecule is CO[C@H]1CN(C)C(=O)c2cc(NS(C)(=O)=O)ccc2OC[C@H](C)N(Cc2cncnc2)C[C@H]1C. The highest BCUT2D eigenvalue weighted by atomic mass is 32.2. The number of anilines is 1. The zero-order valence-electron chi connectivity index (χ0n) is 20.3. The number of benzene rings is 1. The summed E-state index contributed by atoms with van der Waals surface area (Å²) in [5.74, 6) is 0.241. The van der Waals surface area contributed by atoms with E-state index in [1.807, 2.05) is 0 Å². The van der Waals surface area contributed by atoms with Crippen LogP contribution in [-0.4, -0.2) is 86.3 Å². The minimum absolute atomic E-state index is 0.00842. The molecule has 0 radical (unpaired) electrons. The van der Waals surface area contributed by atoms with E-state index in [4.69, 9.17) is 9.47 Å². The van der Waals surface area contributed by atoms with Crippen LogP contribution in [0.4, 0.5) is 5.69 Å². The van der Waals surface area contributed by atoms with Gasteiger partial charge in [0, 0.05) is 63.5 Å². The molecule has 1 N–H and O–H groups in total. The van der Waals surface area contributed by atoms with Gasteiger partial charge in [0.05, 0.1) is 17.9 Å². The quantitative estimate of drug-likeness (QED) is 0.674. The second-order valence-electron chi connectivity index (χ2n) is 8.86. The summed E-state index contributed by atoms with van der Waals surface area (Å²) >= 11 is 0. The van der Waals surface area contributed by atoms with Crippen molar-refractivity contribution in [1.82, 2.24) is 19.8 Å². The first-order chi connectivity index (χ1) is 16.1. The van der Waals surface area contributed by atoms with Crippen molar-refractivity contribution in [3.05, 3.63) is 48.0 Å². The molecule has 34 heavy (non-hydrogen) atoms. The molecule has 3 rings (SSSR count). The molecule has 0 unspecified atom stereocenters. The van der Waals surface area contributed by atoms with E-state index in [0.29, 0.717) is 31.1 Å². The van der Waals surface area contributed by atoms with Crippen LogP contribution in [0.5, 0.6) is 5.75 Å². The average Bonchev–Trinajstić information content (AvgIpc) is 2.79. The van der Waals surface area contributed by atoms with Crippen LogP contribution < -0.4 is 9.46 Å². The molecule has 11 heteroatoms. The number of nitrogens with one attached hydrogen (secondary N) is 1. The number of amides is 1. The summed E-state index contributed by atoms with van der Waals surface area (Å²) in [6.45, 7) is 6.24. The largest absolute Gasteiger partial charge is 0.491 e. The van der Waals surface area contributed by atoms with Crippen molar-refractivity contribution in [1.29, 1.82) is 0 Å². The van der Waals surface area contributed by atoms with E-state index in [9.17, 15) is 13.2 Å². The monoisotopic (exact) mass is 491 g/mol. The molecule has 0 spiro atoms. The van der Waals surface area contributed by atoms with Gasteiger partial charge in [-0.2, -0.15) is 0 Å². The molecule has 0 saturated carbocycles. The highest BCUT2D eigenvalue weighted by Gasteiger charge is 2.28. The van der Waals surface area contributed by atoms with Gasteiger partial charge in [0.2, 0.25) is 10.0 Å². The fraction of sp³-hybridized carbons (Fsp3) is 0.522. The highest BCUT2D eigenvalue weighted by Crippen LogP contribution is 2.27. The molecule has 0 aliphatic carbocycles. The van der Waals surface area contributed by atoms with Crippen molar-refractivity contribution in [2.75, 3.05) is 44.8 Å². The Morgan fingerprint density at radius 1 is 1.21 bits per heavy atom. The summed E-state index contributed by atoms with van der Waals surface area (Å²) in [5.41, 5.74) is 1.58. The van der Waals surface area contributed by atoms with Crippen molar-refractivity contribution in [2.24, 2.45) is 5.92 Å². The topological polar surface area (TPSA) is 114 Å². The second-order valence-corrected chi connectivity index (χ2v) is 10.6. The van der Waals surface area contributed by atoms with E-state index < -0.39 is 10.0 Å². The van der Waals surface area contributed by atoms with E-state index in [1.54, 1.807) is 43.6 Å². The molecule has 1 aromatic heterocycles. The molecular formula is C23H33N5O5S. The van der Waals surface area contributed by atoms with Crippen molar-refractivity contribution in [2.45, 2.75) is 32.5 Å². The Balaban J connectivity index is 1.96. The van der Waals surface area contributed by atoms with Crippen LogP contribution >= 0.6 is 0 Å². The van der Waals surface area contributed by atoms with Crippen LogP contribution in [0.3, 0.4) is 0 Å². The van der Waals surface area contributed by atoms with Crippen LogP contribution in [0.1, 0.15) is 29.8 Å². The molecular weight excluding hydrogens is 458 g/mol. The van der Waals surface area contributed by atoms with Crippen molar-refractivity contribution in [3.63, 3.8) is 0 Å². The Hall–Kier alpha value is -2.76. The number of hydrogen-bond acceptors (Lipinski definition) is 8. The third kappa shape index (κ3) is 6.87. The molecule has 1 aliphatic heterocycles. The minimum Gasteiger partial charge on any atom is -0.491 e. The maximum Gasteiger partial charge on any atom is 0.257 e. The molecule has 0 bridgehead atoms. The standard InChI is InChI=1S/C23H33N5O5S/c1-16-11-28(12-18-9-24-15-25-10-18)17(2)14-33-21-7-6-19(26-34(5,30)31)8-20(21)23(29)27(3)13-22(16)32-4/h6-10,15-17,22,26H,11-14H2,1-5H3/t16-,17+,22+/m1/s1. The maximum atomic E-state index is 13.3. The Bertz CT molecular complexity index is 1080. The zero-order chi connectivity index (χ0) is 24.9. The number of carbonyl (C=O) groups is 1. The van der Waals surface area contributed by atoms with E-state index in [1.165, 1.54) is 12.4 Å². The third-order valence-electron chi connectivity index (χ3n) is 5.88. The third-order valence-corrected chi connectivity index (χ3v) is 6.48. The van der Waals surface area contributed by atoms with Crippen LogP contribution in [0.25, 0.3) is 0 Å². The van der Waals surface area contributed by atoms with Crippen LogP contribution in [0.2, 0.25) is 0 Å². The molecule has 3 atom stereocenters. The predicted molar refractivity (Wildman–Crippen MR) is 129 cm³/mol. The summed E-state index contributed by atoms with van der Waals surface area (Å²) in [6.07, 6.45) is 5.97. The van der Waals surface area contributed by atoms with Gasteiger partial charge in [0.15, 0.2) is 0 Å². The molecule has 186 valence electrons. The maximum absolute atomic E-state index is 13.3. The summed E-state index contributed by atoms with van der Waals surface area (Å²) in [5, 5.41) is 0. The molecule has 10 nitrogen and oxygen atoms in total. The van der Waals surface area contributed by atoms with E-state index in [-0.39, 0.29) is 29.5 Å². The van der Waals surface area contributed by atoms with Gasteiger partial charge < -0.3 is 14.4 Å². The molecule has 0 saturated heterocycles. The van der Waals surface area contributed by atoms with Gasteiger partial charge in [-0.15, -0.1) is 0 Å². The van der Waals surface area contributed by atoms with E-state index >= 15 is 0 Å². The van der Waals surface area contributed by atoms with Gasteiger partial charge in [-0.1, -0.05) is 6.92 Å². The van der Waals surface area contributed by atoms with Crippen molar-refractivity contribution < 1.29 is 22.7 Å². The lowest BCUT2D eigenvalue weighted by Crippen LogP contribution is -2.46. The average molecular weight is 492 g/mol. The summed E-state index contributed by atoms with van der Waals surface area (Å²) in [6, 6.07) is 4.73. The van der Waals surface area contributed by atoms with Crippen molar-refractivity contribution >= 4 is 21.6 Å². The van der Waals surface area contributed by atoms with Crippen LogP contribution in [-0.2, 0) is 21.3 Å². The molecule has 1 amide bonds. The van der Waals surface area contributed by atoms with E-state index in [2.05, 4.69) is 33.4 Å². The Labute approximate surface area is 201 Å². The lowest BCUT2D eigenvalue weighted by atomic mass is 10.0. The molecule has 2 aromatic rings. The number of carbonyl (C=O) groups excluding carboxylic acids is 1. The first-order valence-corrected chi connectivity index (χ1v) is 13.0. The Morgan fingerprint density at radius 3 is 2.56 bits per heavy atom. The molecule has 1 aromatic carbocycles.